The zero-order chi connectivity index (χ0) is 14.7. The highest BCUT2D eigenvalue weighted by atomic mass is 127. The van der Waals surface area contributed by atoms with Gasteiger partial charge in [0.05, 0.1) is 11.1 Å². The molecular formula is C14H12ClF2IN2. The maximum atomic E-state index is 13.7. The third-order valence-corrected chi connectivity index (χ3v) is 4.55. The molecule has 20 heavy (non-hydrogen) atoms. The van der Waals surface area contributed by atoms with E-state index in [0.29, 0.717) is 5.02 Å². The highest BCUT2D eigenvalue weighted by Gasteiger charge is 2.15. The highest BCUT2D eigenvalue weighted by Crippen LogP contribution is 2.25. The minimum absolute atomic E-state index is 0.233. The van der Waals surface area contributed by atoms with Gasteiger partial charge < -0.3 is 0 Å². The van der Waals surface area contributed by atoms with Crippen molar-refractivity contribution in [1.29, 1.82) is 0 Å². The first-order chi connectivity index (χ1) is 9.51. The fraction of sp³-hybridized carbons (Fsp3) is 0.143. The van der Waals surface area contributed by atoms with Crippen LogP contribution in [0.15, 0.2) is 36.4 Å². The average molecular weight is 409 g/mol. The number of halogens is 4. The van der Waals surface area contributed by atoms with Gasteiger partial charge in [-0.3, -0.25) is 11.3 Å². The summed E-state index contributed by atoms with van der Waals surface area (Å²) in [6.07, 6.45) is 0.233. The van der Waals surface area contributed by atoms with E-state index in [0.717, 1.165) is 21.3 Å². The van der Waals surface area contributed by atoms with E-state index in [2.05, 4.69) is 28.0 Å². The molecule has 0 heterocycles. The van der Waals surface area contributed by atoms with Crippen molar-refractivity contribution in [3.63, 3.8) is 0 Å². The molecule has 1 atom stereocenters. The number of benzene rings is 2. The van der Waals surface area contributed by atoms with Crippen LogP contribution in [0.4, 0.5) is 8.78 Å². The Morgan fingerprint density at radius 1 is 1.20 bits per heavy atom. The largest absolute Gasteiger partial charge is 0.271 e. The third kappa shape index (κ3) is 3.66. The fourth-order valence-corrected chi connectivity index (χ4v) is 2.45. The van der Waals surface area contributed by atoms with Gasteiger partial charge in [0.15, 0.2) is 0 Å². The minimum Gasteiger partial charge on any atom is -0.271 e. The zero-order valence-electron chi connectivity index (χ0n) is 10.3. The van der Waals surface area contributed by atoms with Crippen molar-refractivity contribution in [2.75, 3.05) is 0 Å². The van der Waals surface area contributed by atoms with Gasteiger partial charge >= 0.3 is 0 Å². The summed E-state index contributed by atoms with van der Waals surface area (Å²) < 4.78 is 27.8. The summed E-state index contributed by atoms with van der Waals surface area (Å²) in [5.74, 6) is 4.59. The number of nitrogens with one attached hydrogen (secondary N) is 1. The van der Waals surface area contributed by atoms with Crippen molar-refractivity contribution in [3.8, 4) is 0 Å². The Labute approximate surface area is 134 Å². The molecule has 2 aromatic rings. The van der Waals surface area contributed by atoms with E-state index in [4.69, 9.17) is 17.4 Å². The van der Waals surface area contributed by atoms with Crippen molar-refractivity contribution < 1.29 is 8.78 Å². The van der Waals surface area contributed by atoms with E-state index >= 15 is 0 Å². The smallest absolute Gasteiger partial charge is 0.126 e. The summed E-state index contributed by atoms with van der Waals surface area (Å²) in [7, 11) is 0. The summed E-state index contributed by atoms with van der Waals surface area (Å²) in [5, 5.41) is 0.600. The van der Waals surface area contributed by atoms with E-state index in [-0.39, 0.29) is 18.0 Å². The second-order valence-corrected chi connectivity index (χ2v) is 5.90. The molecule has 0 bridgehead atoms. The highest BCUT2D eigenvalue weighted by molar-refractivity contribution is 14.1. The lowest BCUT2D eigenvalue weighted by Gasteiger charge is -2.17. The summed E-state index contributed by atoms with van der Waals surface area (Å²) >= 11 is 8.18. The number of nitrogens with two attached hydrogens (primary N) is 1. The predicted molar refractivity (Wildman–Crippen MR) is 84.3 cm³/mol. The molecule has 0 saturated carbocycles. The summed E-state index contributed by atoms with van der Waals surface area (Å²) in [6, 6.07) is 8.50. The Bertz CT molecular complexity index is 622. The first-order valence-corrected chi connectivity index (χ1v) is 7.32. The van der Waals surface area contributed by atoms with Crippen molar-refractivity contribution in [2.45, 2.75) is 12.5 Å². The second kappa shape index (κ2) is 6.80. The molecule has 6 heteroatoms. The van der Waals surface area contributed by atoms with Crippen LogP contribution in [-0.2, 0) is 6.42 Å². The molecule has 0 saturated heterocycles. The normalized spacial score (nSPS) is 12.4. The number of rotatable bonds is 4. The van der Waals surface area contributed by atoms with Gasteiger partial charge in [-0.2, -0.15) is 0 Å². The zero-order valence-corrected chi connectivity index (χ0v) is 13.3. The third-order valence-electron chi connectivity index (χ3n) is 2.98. The topological polar surface area (TPSA) is 38.0 Å². The van der Waals surface area contributed by atoms with Crippen LogP contribution in [0.1, 0.15) is 17.2 Å². The van der Waals surface area contributed by atoms with Gasteiger partial charge in [-0.05, 0) is 70.5 Å². The van der Waals surface area contributed by atoms with Crippen LogP contribution in [0.25, 0.3) is 0 Å². The fourth-order valence-electron chi connectivity index (χ4n) is 1.92. The Morgan fingerprint density at radius 3 is 2.60 bits per heavy atom. The van der Waals surface area contributed by atoms with Crippen LogP contribution in [0.5, 0.6) is 0 Å². The molecule has 0 amide bonds. The van der Waals surface area contributed by atoms with Crippen LogP contribution in [0.2, 0.25) is 5.02 Å². The van der Waals surface area contributed by atoms with Crippen molar-refractivity contribution in [3.05, 3.63) is 67.8 Å². The Hall–Kier alpha value is -0.760. The molecule has 0 aliphatic heterocycles. The van der Waals surface area contributed by atoms with E-state index in [1.54, 1.807) is 6.07 Å². The molecule has 1 unspecified atom stereocenters. The molecule has 0 fully saturated rings. The molecule has 0 spiro atoms. The van der Waals surface area contributed by atoms with Crippen molar-refractivity contribution >= 4 is 34.2 Å². The molecule has 0 aromatic heterocycles. The molecule has 0 aliphatic rings. The van der Waals surface area contributed by atoms with E-state index < -0.39 is 11.6 Å². The monoisotopic (exact) mass is 408 g/mol. The average Bonchev–Trinajstić information content (AvgIpc) is 2.43. The van der Waals surface area contributed by atoms with E-state index in [1.807, 2.05) is 12.1 Å². The van der Waals surface area contributed by atoms with Crippen LogP contribution in [0.3, 0.4) is 0 Å². The van der Waals surface area contributed by atoms with Crippen LogP contribution in [0, 0.1) is 15.2 Å². The van der Waals surface area contributed by atoms with Gasteiger partial charge in [-0.15, -0.1) is 0 Å². The lowest BCUT2D eigenvalue weighted by molar-refractivity contribution is 0.523. The molecule has 0 aliphatic carbocycles. The molecule has 2 nitrogen and oxygen atoms in total. The molecular weight excluding hydrogens is 397 g/mol. The van der Waals surface area contributed by atoms with Gasteiger partial charge in [0.1, 0.15) is 11.6 Å². The van der Waals surface area contributed by atoms with Crippen LogP contribution >= 0.6 is 34.2 Å². The summed E-state index contributed by atoms with van der Waals surface area (Å²) in [5.41, 5.74) is 3.70. The summed E-state index contributed by atoms with van der Waals surface area (Å²) in [4.78, 5) is 0. The van der Waals surface area contributed by atoms with E-state index in [1.165, 1.54) is 6.07 Å². The first-order valence-electron chi connectivity index (χ1n) is 5.86. The lowest BCUT2D eigenvalue weighted by Crippen LogP contribution is -2.29. The van der Waals surface area contributed by atoms with Crippen molar-refractivity contribution in [2.24, 2.45) is 5.84 Å². The van der Waals surface area contributed by atoms with Gasteiger partial charge in [-0.1, -0.05) is 17.7 Å². The van der Waals surface area contributed by atoms with Gasteiger partial charge in [0, 0.05) is 3.57 Å². The molecule has 106 valence electrons. The number of hydrazine groups is 1. The maximum Gasteiger partial charge on any atom is 0.126 e. The Balaban J connectivity index is 2.28. The Morgan fingerprint density at radius 2 is 1.95 bits per heavy atom. The number of hydrogen-bond donors (Lipinski definition) is 2. The molecule has 3 N–H and O–H groups in total. The van der Waals surface area contributed by atoms with Crippen molar-refractivity contribution in [1.82, 2.24) is 5.43 Å². The maximum absolute atomic E-state index is 13.7. The Kier molecular flexibility index (Phi) is 5.31. The quantitative estimate of drug-likeness (QED) is 0.456. The van der Waals surface area contributed by atoms with Crippen LogP contribution in [-0.4, -0.2) is 0 Å². The van der Waals surface area contributed by atoms with E-state index in [9.17, 15) is 8.78 Å². The SMILES string of the molecule is NNC(Cc1cc(F)ccc1F)c1ccc(I)c(Cl)c1. The first kappa shape index (κ1) is 15.6. The molecule has 0 radical (unpaired) electrons. The molecule has 2 rings (SSSR count). The minimum atomic E-state index is -0.474. The second-order valence-electron chi connectivity index (χ2n) is 4.33. The number of hydrogen-bond acceptors (Lipinski definition) is 2. The van der Waals surface area contributed by atoms with Gasteiger partial charge in [0.25, 0.3) is 0 Å². The van der Waals surface area contributed by atoms with Gasteiger partial charge in [-0.25, -0.2) is 8.78 Å². The predicted octanol–water partition coefficient (Wildman–Crippen LogP) is 3.97. The van der Waals surface area contributed by atoms with Crippen LogP contribution < -0.4 is 11.3 Å². The lowest BCUT2D eigenvalue weighted by atomic mass is 9.99. The molecule has 2 aromatic carbocycles. The van der Waals surface area contributed by atoms with Gasteiger partial charge in [0.2, 0.25) is 0 Å². The summed E-state index contributed by atoms with van der Waals surface area (Å²) in [6.45, 7) is 0. The standard InChI is InChI=1S/C14H12ClF2IN2/c15-11-6-8(1-4-13(11)18)14(20-19)7-9-5-10(16)2-3-12(9)17/h1-6,14,20H,7,19H2.